The third-order valence-electron chi connectivity index (χ3n) is 2.01. The molecule has 4 N–H and O–H groups in total. The van der Waals surface area contributed by atoms with E-state index in [0.717, 1.165) is 0 Å². The summed E-state index contributed by atoms with van der Waals surface area (Å²) >= 11 is 0. The lowest BCUT2D eigenvalue weighted by molar-refractivity contribution is 0.447. The molecule has 0 fully saturated rings. The largest absolute Gasteiger partial charge is 0.507 e. The van der Waals surface area contributed by atoms with Crippen LogP contribution in [0.25, 0.3) is 10.8 Å². The minimum absolute atomic E-state index is 0.104. The monoisotopic (exact) mass is 196 g/mol. The van der Waals surface area contributed by atoms with Gasteiger partial charge < -0.3 is 20.4 Å². The van der Waals surface area contributed by atoms with Gasteiger partial charge in [-0.05, 0) is 24.3 Å². The smallest absolute Gasteiger partial charge is 0.293 e. The zero-order valence-electron chi connectivity index (χ0n) is 10.9. The Morgan fingerprint density at radius 1 is 0.643 bits per heavy atom. The molecule has 0 aliphatic carbocycles. The Morgan fingerprint density at radius 2 is 0.929 bits per heavy atom. The Balaban J connectivity index is 2.92. The predicted molar refractivity (Wildman–Crippen MR) is 50.6 cm³/mol. The van der Waals surface area contributed by atoms with Crippen molar-refractivity contribution in [1.29, 1.82) is 5.72 Å². The molecule has 72 valence electrons. The van der Waals surface area contributed by atoms with Crippen LogP contribution in [-0.2, 0) is 0 Å². The van der Waals surface area contributed by atoms with Crippen LogP contribution in [0.5, 0.6) is 23.0 Å². The Kier molecular flexibility index (Phi) is 0.954. The first kappa shape index (κ1) is 4.95. The fourth-order valence-corrected chi connectivity index (χ4v) is 1.37. The minimum atomic E-state index is 0.104. The fraction of sp³-hybridized carbons (Fsp3) is 0. The van der Waals surface area contributed by atoms with Gasteiger partial charge in [-0.15, -0.1) is 0 Å². The van der Waals surface area contributed by atoms with Gasteiger partial charge in [0.25, 0.3) is 5.72 Å². The summed E-state index contributed by atoms with van der Waals surface area (Å²) in [5.74, 6) is 0.415. The highest BCUT2D eigenvalue weighted by Gasteiger charge is 2.12. The average Bonchev–Trinajstić information content (AvgIpc) is 2.44. The zero-order valence-corrected chi connectivity index (χ0v) is 6.94. The van der Waals surface area contributed by atoms with Crippen LogP contribution in [0.15, 0.2) is 24.3 Å². The van der Waals surface area contributed by atoms with Crippen LogP contribution >= 0.6 is 0 Å². The molecular formula is C10H8O4. The first-order chi connectivity index (χ1) is 8.76. The first-order valence-electron chi connectivity index (χ1n) is 5.52. The van der Waals surface area contributed by atoms with Gasteiger partial charge in [-0.1, -0.05) is 0 Å². The lowest BCUT2D eigenvalue weighted by atomic mass is 10.1. The summed E-state index contributed by atoms with van der Waals surface area (Å²) in [5.41, 5.74) is 0. The second-order valence-corrected chi connectivity index (χ2v) is 2.87. The molecule has 4 nitrogen and oxygen atoms in total. The van der Waals surface area contributed by atoms with Gasteiger partial charge in [0.05, 0.1) is 10.8 Å². The maximum Gasteiger partial charge on any atom is 0.293 e. The third-order valence-corrected chi connectivity index (χ3v) is 2.01. The van der Waals surface area contributed by atoms with Crippen molar-refractivity contribution in [2.24, 2.45) is 0 Å². The minimum Gasteiger partial charge on any atom is -0.507 e. The van der Waals surface area contributed by atoms with E-state index in [9.17, 15) is 0 Å². The maximum absolute atomic E-state index is 6.96. The van der Waals surface area contributed by atoms with Crippen molar-refractivity contribution in [2.75, 3.05) is 0 Å². The molecule has 2 aromatic rings. The molecule has 0 aromatic heterocycles. The molecule has 0 spiro atoms. The second kappa shape index (κ2) is 2.70. The second-order valence-electron chi connectivity index (χ2n) is 2.87. The topological polar surface area (TPSA) is 80.9 Å². The molecule has 0 heterocycles. The number of hydrogen-bond acceptors (Lipinski definition) is 4. The number of benzene rings is 2. The van der Waals surface area contributed by atoms with Crippen molar-refractivity contribution >= 4 is 10.8 Å². The molecule has 0 saturated heterocycles. The van der Waals surface area contributed by atoms with E-state index >= 15 is 0 Å². The number of hydrogen-bond donors (Lipinski definition) is 4. The highest BCUT2D eigenvalue weighted by atomic mass is 16.3. The molecule has 0 aliphatic rings. The summed E-state index contributed by atoms with van der Waals surface area (Å²) in [5, 5.41) is 18.2. The number of aromatic hydroxyl groups is 4. The predicted octanol–water partition coefficient (Wildman–Crippen LogP) is 1.66. The number of phenolic OH excluding ortho intramolecular Hbond substituents is 4. The van der Waals surface area contributed by atoms with Crippen molar-refractivity contribution in [1.82, 2.24) is 0 Å². The van der Waals surface area contributed by atoms with Crippen LogP contribution in [0.3, 0.4) is 0 Å². The van der Waals surface area contributed by atoms with E-state index in [4.69, 9.17) is 5.72 Å². The summed E-state index contributed by atoms with van der Waals surface area (Å²) in [7, 11) is 0. The third kappa shape index (κ3) is 1.01. The normalized spacial score (nSPS) is 13.4. The van der Waals surface area contributed by atoms with Crippen LogP contribution < -0.4 is 0 Å². The van der Waals surface area contributed by atoms with Gasteiger partial charge >= 0.3 is 0 Å². The van der Waals surface area contributed by atoms with Crippen LogP contribution in [-0.4, -0.2) is 26.2 Å². The van der Waals surface area contributed by atoms with E-state index in [1.165, 1.54) is 24.3 Å². The van der Waals surface area contributed by atoms with E-state index in [2.05, 4.69) is 20.4 Å². The number of phenols is 4. The van der Waals surface area contributed by atoms with E-state index in [-0.39, 0.29) is 33.8 Å². The van der Waals surface area contributed by atoms with E-state index < -0.39 is 0 Å². The van der Waals surface area contributed by atoms with Crippen molar-refractivity contribution in [3.8, 4) is 23.0 Å². The summed E-state index contributed by atoms with van der Waals surface area (Å²) in [4.78, 5) is 0. The number of fused-ring (bicyclic) bond motifs is 1. The van der Waals surface area contributed by atoms with Crippen LogP contribution in [0.2, 0.25) is 0 Å². The highest BCUT2D eigenvalue weighted by molar-refractivity contribution is 6.01. The lowest BCUT2D eigenvalue weighted by Gasteiger charge is -2.06. The quantitative estimate of drug-likeness (QED) is 0.560. The van der Waals surface area contributed by atoms with Crippen molar-refractivity contribution in [3.05, 3.63) is 24.3 Å². The molecule has 0 saturated carbocycles. The Labute approximate surface area is 85.3 Å². The van der Waals surface area contributed by atoms with Crippen molar-refractivity contribution < 1.29 is 20.4 Å². The summed E-state index contributed by atoms with van der Waals surface area (Å²) in [6, 6.07) is 5.59. The van der Waals surface area contributed by atoms with Gasteiger partial charge in [0, 0.05) is 0 Å². The van der Waals surface area contributed by atoms with E-state index in [1.54, 1.807) is 0 Å². The molecule has 14 heavy (non-hydrogen) atoms. The molecule has 0 atom stereocenters. The van der Waals surface area contributed by atoms with Gasteiger partial charge in [0.15, 0.2) is 0 Å². The molecule has 0 aliphatic heterocycles. The number of rotatable bonds is 4. The molecule has 4 heteroatoms. The Morgan fingerprint density at radius 3 is 1.14 bits per heavy atom. The SMILES string of the molecule is [2H]Oc1ccc(O[2H])c2c(O[2H])ccc(O[2H])c12. The lowest BCUT2D eigenvalue weighted by Crippen LogP contribution is -1.78. The molecule has 0 amide bonds. The van der Waals surface area contributed by atoms with Gasteiger partial charge in [-0.2, -0.15) is 0 Å². The summed E-state index contributed by atoms with van der Waals surface area (Å²) in [6.45, 7) is 0. The highest BCUT2D eigenvalue weighted by Crippen LogP contribution is 2.42. The summed E-state index contributed by atoms with van der Waals surface area (Å²) < 4.78 is 27.8. The standard InChI is InChI=1S/C10H8O4/c11-5-1-2-6(12)10-8(14)4-3-7(13)9(5)10/h1-4,11-14H/i/hD4. The average molecular weight is 196 g/mol. The van der Waals surface area contributed by atoms with E-state index in [1.807, 2.05) is 0 Å². The zero-order chi connectivity index (χ0) is 13.1. The maximum atomic E-state index is 6.96. The molecule has 0 radical (unpaired) electrons. The first-order valence-corrected chi connectivity index (χ1v) is 3.89. The van der Waals surface area contributed by atoms with Crippen LogP contribution in [0, 0.1) is 0 Å². The summed E-state index contributed by atoms with van der Waals surface area (Å²) in [6.07, 6.45) is 0. The van der Waals surface area contributed by atoms with Crippen molar-refractivity contribution in [2.45, 2.75) is 0 Å². The molecule has 2 rings (SSSR count). The molecular weight excluding hydrogens is 184 g/mol. The van der Waals surface area contributed by atoms with Crippen LogP contribution in [0.1, 0.15) is 0 Å². The Hall–Kier alpha value is -2.10. The fourth-order valence-electron chi connectivity index (χ4n) is 1.37. The van der Waals surface area contributed by atoms with Gasteiger partial charge in [-0.25, -0.2) is 0 Å². The molecule has 0 unspecified atom stereocenters. The van der Waals surface area contributed by atoms with Crippen LogP contribution in [0.4, 0.5) is 0 Å². The van der Waals surface area contributed by atoms with E-state index in [0.29, 0.717) is 0 Å². The van der Waals surface area contributed by atoms with Gasteiger partial charge in [-0.3, -0.25) is 0 Å². The van der Waals surface area contributed by atoms with Gasteiger partial charge in [0.1, 0.15) is 23.0 Å². The van der Waals surface area contributed by atoms with Crippen molar-refractivity contribution in [3.63, 3.8) is 0 Å². The van der Waals surface area contributed by atoms with Gasteiger partial charge in [0.2, 0.25) is 0 Å². The molecule has 0 bridgehead atoms. The molecule has 2 aromatic carbocycles. The Bertz CT molecular complexity index is 478.